The van der Waals surface area contributed by atoms with E-state index < -0.39 is 0 Å². The second kappa shape index (κ2) is 2.36. The molecule has 1 atom stereocenters. The molecular formula is C7H9Cl. The Kier molecular flexibility index (Phi) is 1.74. The number of hydrogen-bond acceptors (Lipinski definition) is 0. The second-order valence-corrected chi connectivity index (χ2v) is 2.62. The van der Waals surface area contributed by atoms with Crippen LogP contribution in [0.25, 0.3) is 0 Å². The number of rotatable bonds is 0. The van der Waals surface area contributed by atoms with E-state index in [1.165, 1.54) is 5.57 Å². The topological polar surface area (TPSA) is 0 Å². The predicted molar refractivity (Wildman–Crippen MR) is 37.2 cm³/mol. The lowest BCUT2D eigenvalue weighted by Gasteiger charge is -2.04. The lowest BCUT2D eigenvalue weighted by atomic mass is 10.1. The molecule has 0 fully saturated rings. The van der Waals surface area contributed by atoms with Crippen LogP contribution in [0.2, 0.25) is 0 Å². The minimum absolute atomic E-state index is 0.235. The van der Waals surface area contributed by atoms with Gasteiger partial charge in [0.1, 0.15) is 0 Å². The zero-order chi connectivity index (χ0) is 5.98. The molecule has 0 aliphatic heterocycles. The lowest BCUT2D eigenvalue weighted by Crippen LogP contribution is -1.94. The number of allylic oxidation sites excluding steroid dienone is 4. The smallest absolute Gasteiger partial charge is 0.0553 e. The molecule has 0 spiro atoms. The molecule has 1 heteroatoms. The first-order chi connectivity index (χ1) is 3.79. The van der Waals surface area contributed by atoms with Crippen LogP contribution in [-0.4, -0.2) is 5.38 Å². The fraction of sp³-hybridized carbons (Fsp3) is 0.429. The molecule has 0 N–H and O–H groups in total. The Balaban J connectivity index is 2.58. The van der Waals surface area contributed by atoms with Crippen molar-refractivity contribution in [2.45, 2.75) is 18.7 Å². The summed E-state index contributed by atoms with van der Waals surface area (Å²) in [4.78, 5) is 0. The van der Waals surface area contributed by atoms with Crippen LogP contribution >= 0.6 is 11.6 Å². The predicted octanol–water partition coefficient (Wildman–Crippen LogP) is 2.50. The quantitative estimate of drug-likeness (QED) is 0.440. The zero-order valence-electron chi connectivity index (χ0n) is 4.89. The Morgan fingerprint density at radius 1 is 1.75 bits per heavy atom. The van der Waals surface area contributed by atoms with Crippen molar-refractivity contribution in [2.75, 3.05) is 0 Å². The van der Waals surface area contributed by atoms with Gasteiger partial charge in [0.25, 0.3) is 0 Å². The Hall–Kier alpha value is -0.230. The van der Waals surface area contributed by atoms with Gasteiger partial charge >= 0.3 is 0 Å². The fourth-order valence-corrected chi connectivity index (χ4v) is 0.863. The summed E-state index contributed by atoms with van der Waals surface area (Å²) in [6, 6.07) is 0. The maximum absolute atomic E-state index is 5.75. The third-order valence-electron chi connectivity index (χ3n) is 1.23. The summed E-state index contributed by atoms with van der Waals surface area (Å²) < 4.78 is 0. The van der Waals surface area contributed by atoms with Crippen LogP contribution < -0.4 is 0 Å². The van der Waals surface area contributed by atoms with E-state index >= 15 is 0 Å². The first kappa shape index (κ1) is 5.90. The molecule has 0 aromatic rings. The van der Waals surface area contributed by atoms with Crippen LogP contribution in [0.5, 0.6) is 0 Å². The van der Waals surface area contributed by atoms with Crippen molar-refractivity contribution in [3.63, 3.8) is 0 Å². The van der Waals surface area contributed by atoms with Gasteiger partial charge in [-0.05, 0) is 13.3 Å². The van der Waals surface area contributed by atoms with Crippen molar-refractivity contribution in [1.29, 1.82) is 0 Å². The van der Waals surface area contributed by atoms with Gasteiger partial charge in [-0.2, -0.15) is 0 Å². The molecule has 0 saturated heterocycles. The highest BCUT2D eigenvalue weighted by Crippen LogP contribution is 2.13. The van der Waals surface area contributed by atoms with Gasteiger partial charge in [-0.1, -0.05) is 23.8 Å². The van der Waals surface area contributed by atoms with E-state index in [9.17, 15) is 0 Å². The molecule has 1 rings (SSSR count). The van der Waals surface area contributed by atoms with Crippen molar-refractivity contribution < 1.29 is 0 Å². The standard InChI is InChI=1S/C7H9Cl/c1-6-2-4-7(8)5-3-6/h2-4,7H,5H2,1H3/t7-/m1/s1. The Labute approximate surface area is 54.8 Å². The molecule has 1 aliphatic rings. The minimum atomic E-state index is 0.235. The number of hydrogen-bond donors (Lipinski definition) is 0. The molecule has 1 aliphatic carbocycles. The molecule has 44 valence electrons. The zero-order valence-corrected chi connectivity index (χ0v) is 5.65. The van der Waals surface area contributed by atoms with Gasteiger partial charge in [0.05, 0.1) is 5.38 Å². The molecule has 8 heavy (non-hydrogen) atoms. The Morgan fingerprint density at radius 2 is 2.50 bits per heavy atom. The van der Waals surface area contributed by atoms with Crippen LogP contribution in [0.1, 0.15) is 13.3 Å². The average Bonchev–Trinajstić information content (AvgIpc) is 1.77. The molecule has 0 radical (unpaired) electrons. The van der Waals surface area contributed by atoms with E-state index in [2.05, 4.69) is 19.1 Å². The van der Waals surface area contributed by atoms with Crippen molar-refractivity contribution in [3.8, 4) is 0 Å². The van der Waals surface area contributed by atoms with Gasteiger partial charge in [0.15, 0.2) is 0 Å². The maximum atomic E-state index is 5.75. The molecule has 0 bridgehead atoms. The largest absolute Gasteiger partial charge is 0.118 e. The normalized spacial score (nSPS) is 27.8. The van der Waals surface area contributed by atoms with E-state index in [1.54, 1.807) is 0 Å². The van der Waals surface area contributed by atoms with Gasteiger partial charge in [0.2, 0.25) is 0 Å². The highest BCUT2D eigenvalue weighted by molar-refractivity contribution is 6.22. The van der Waals surface area contributed by atoms with Crippen molar-refractivity contribution in [1.82, 2.24) is 0 Å². The molecule has 0 aromatic carbocycles. The highest BCUT2D eigenvalue weighted by Gasteiger charge is 1.99. The van der Waals surface area contributed by atoms with E-state index in [0.717, 1.165) is 6.42 Å². The monoisotopic (exact) mass is 128 g/mol. The molecule has 0 aromatic heterocycles. The summed E-state index contributed by atoms with van der Waals surface area (Å²) in [7, 11) is 0. The second-order valence-electron chi connectivity index (χ2n) is 2.06. The molecule has 0 unspecified atom stereocenters. The van der Waals surface area contributed by atoms with E-state index in [1.807, 2.05) is 6.08 Å². The van der Waals surface area contributed by atoms with E-state index in [0.29, 0.717) is 0 Å². The third kappa shape index (κ3) is 1.38. The van der Waals surface area contributed by atoms with Crippen molar-refractivity contribution >= 4 is 11.6 Å². The van der Waals surface area contributed by atoms with E-state index in [-0.39, 0.29) is 5.38 Å². The number of alkyl halides is 1. The molecular weight excluding hydrogens is 120 g/mol. The first-order valence-corrected chi connectivity index (χ1v) is 3.22. The molecule has 0 amide bonds. The van der Waals surface area contributed by atoms with Gasteiger partial charge in [-0.15, -0.1) is 11.6 Å². The van der Waals surface area contributed by atoms with Gasteiger partial charge in [0, 0.05) is 0 Å². The maximum Gasteiger partial charge on any atom is 0.0553 e. The van der Waals surface area contributed by atoms with Crippen LogP contribution in [-0.2, 0) is 0 Å². The van der Waals surface area contributed by atoms with Gasteiger partial charge < -0.3 is 0 Å². The lowest BCUT2D eigenvalue weighted by molar-refractivity contribution is 1.02. The van der Waals surface area contributed by atoms with Gasteiger partial charge in [-0.3, -0.25) is 0 Å². The van der Waals surface area contributed by atoms with Crippen LogP contribution in [0.3, 0.4) is 0 Å². The molecule has 0 saturated carbocycles. The summed E-state index contributed by atoms with van der Waals surface area (Å²) in [5.41, 5.74) is 1.32. The minimum Gasteiger partial charge on any atom is -0.118 e. The summed E-state index contributed by atoms with van der Waals surface area (Å²) in [6.45, 7) is 2.08. The summed E-state index contributed by atoms with van der Waals surface area (Å²) in [5.74, 6) is 0. The molecule has 0 nitrogen and oxygen atoms in total. The first-order valence-electron chi connectivity index (χ1n) is 2.78. The van der Waals surface area contributed by atoms with E-state index in [4.69, 9.17) is 11.6 Å². The van der Waals surface area contributed by atoms with Crippen molar-refractivity contribution in [2.24, 2.45) is 0 Å². The SMILES string of the molecule is CC1=CC[C@H](Cl)C=C1. The summed E-state index contributed by atoms with van der Waals surface area (Å²) in [6.07, 6.45) is 7.22. The molecule has 0 heterocycles. The number of halogens is 1. The van der Waals surface area contributed by atoms with Crippen LogP contribution in [0.15, 0.2) is 23.8 Å². The van der Waals surface area contributed by atoms with Crippen molar-refractivity contribution in [3.05, 3.63) is 23.8 Å². The highest BCUT2D eigenvalue weighted by atomic mass is 35.5. The van der Waals surface area contributed by atoms with Crippen LogP contribution in [0.4, 0.5) is 0 Å². The Bertz CT molecular complexity index is 133. The van der Waals surface area contributed by atoms with Gasteiger partial charge in [-0.25, -0.2) is 0 Å². The summed E-state index contributed by atoms with van der Waals surface area (Å²) in [5, 5.41) is 0.235. The average molecular weight is 129 g/mol. The Morgan fingerprint density at radius 3 is 2.88 bits per heavy atom. The van der Waals surface area contributed by atoms with Crippen LogP contribution in [0, 0.1) is 0 Å². The fourth-order valence-electron chi connectivity index (χ4n) is 0.701. The summed E-state index contributed by atoms with van der Waals surface area (Å²) >= 11 is 5.75. The third-order valence-corrected chi connectivity index (χ3v) is 1.56.